The molecule has 0 saturated heterocycles. The van der Waals surface area contributed by atoms with Gasteiger partial charge >= 0.3 is 0 Å². The van der Waals surface area contributed by atoms with Crippen molar-refractivity contribution < 1.29 is 4.74 Å². The van der Waals surface area contributed by atoms with E-state index < -0.39 is 0 Å². The van der Waals surface area contributed by atoms with Gasteiger partial charge in [-0.05, 0) is 58.0 Å². The maximum absolute atomic E-state index is 5.90. The van der Waals surface area contributed by atoms with Gasteiger partial charge in [-0.1, -0.05) is 0 Å². The number of aryl methyl sites for hydroxylation is 2. The largest absolute Gasteiger partial charge is 0.489 e. The second-order valence-corrected chi connectivity index (χ2v) is 4.85. The highest BCUT2D eigenvalue weighted by Crippen LogP contribution is 2.29. The van der Waals surface area contributed by atoms with Gasteiger partial charge in [-0.2, -0.15) is 0 Å². The van der Waals surface area contributed by atoms with E-state index in [0.29, 0.717) is 0 Å². The minimum absolute atomic E-state index is 0.142. The third-order valence-electron chi connectivity index (χ3n) is 2.86. The summed E-state index contributed by atoms with van der Waals surface area (Å²) in [7, 11) is 0. The maximum atomic E-state index is 5.90. The van der Waals surface area contributed by atoms with E-state index in [0.717, 1.165) is 17.1 Å². The summed E-state index contributed by atoms with van der Waals surface area (Å²) in [6.07, 6.45) is 0.142. The third-order valence-corrected chi connectivity index (χ3v) is 2.86. The molecule has 3 nitrogen and oxygen atoms in total. The average Bonchev–Trinajstić information content (AvgIpc) is 2.61. The van der Waals surface area contributed by atoms with Crippen LogP contribution >= 0.6 is 0 Å². The second-order valence-electron chi connectivity index (χ2n) is 4.85. The first-order chi connectivity index (χ1) is 8.49. The SMILES string of the molecule is Cc1ccc(C)n1-c1cc(N)ccc1OC(C)C. The molecule has 1 heterocycles. The Morgan fingerprint density at radius 1 is 1.06 bits per heavy atom. The summed E-state index contributed by atoms with van der Waals surface area (Å²) in [5, 5.41) is 0. The Morgan fingerprint density at radius 2 is 1.67 bits per heavy atom. The lowest BCUT2D eigenvalue weighted by Gasteiger charge is -2.18. The van der Waals surface area contributed by atoms with Crippen molar-refractivity contribution in [2.45, 2.75) is 33.8 Å². The van der Waals surface area contributed by atoms with E-state index >= 15 is 0 Å². The molecule has 2 rings (SSSR count). The number of benzene rings is 1. The number of aromatic nitrogens is 1. The summed E-state index contributed by atoms with van der Waals surface area (Å²) in [6.45, 7) is 8.20. The van der Waals surface area contributed by atoms with Crippen molar-refractivity contribution in [3.05, 3.63) is 41.7 Å². The molecular formula is C15H20N2O. The second kappa shape index (κ2) is 4.77. The molecular weight excluding hydrogens is 224 g/mol. The molecule has 0 fully saturated rings. The predicted octanol–water partition coefficient (Wildman–Crippen LogP) is 3.46. The molecule has 96 valence electrons. The van der Waals surface area contributed by atoms with Crippen molar-refractivity contribution in [2.75, 3.05) is 5.73 Å². The van der Waals surface area contributed by atoms with Crippen molar-refractivity contribution >= 4 is 5.69 Å². The van der Waals surface area contributed by atoms with E-state index in [4.69, 9.17) is 10.5 Å². The molecule has 0 atom stereocenters. The van der Waals surface area contributed by atoms with Crippen molar-refractivity contribution in [3.8, 4) is 11.4 Å². The van der Waals surface area contributed by atoms with Gasteiger partial charge in [0.25, 0.3) is 0 Å². The van der Waals surface area contributed by atoms with Gasteiger partial charge in [0.05, 0.1) is 11.8 Å². The smallest absolute Gasteiger partial charge is 0.143 e. The normalized spacial score (nSPS) is 10.9. The Hall–Kier alpha value is -1.90. The summed E-state index contributed by atoms with van der Waals surface area (Å²) < 4.78 is 8.02. The van der Waals surface area contributed by atoms with Gasteiger partial charge in [-0.25, -0.2) is 0 Å². The van der Waals surface area contributed by atoms with E-state index in [1.54, 1.807) is 0 Å². The maximum Gasteiger partial charge on any atom is 0.143 e. The van der Waals surface area contributed by atoms with Gasteiger partial charge in [-0.15, -0.1) is 0 Å². The molecule has 2 N–H and O–H groups in total. The van der Waals surface area contributed by atoms with Crippen LogP contribution in [0.1, 0.15) is 25.2 Å². The van der Waals surface area contributed by atoms with E-state index in [9.17, 15) is 0 Å². The Bertz CT molecular complexity index is 536. The first-order valence-corrected chi connectivity index (χ1v) is 6.20. The third kappa shape index (κ3) is 2.35. The molecule has 0 radical (unpaired) electrons. The minimum atomic E-state index is 0.142. The van der Waals surface area contributed by atoms with Crippen LogP contribution in [-0.4, -0.2) is 10.7 Å². The molecule has 0 unspecified atom stereocenters. The highest BCUT2D eigenvalue weighted by Gasteiger charge is 2.11. The van der Waals surface area contributed by atoms with Crippen LogP contribution in [0.3, 0.4) is 0 Å². The van der Waals surface area contributed by atoms with Crippen LogP contribution in [0.15, 0.2) is 30.3 Å². The zero-order valence-electron chi connectivity index (χ0n) is 11.4. The Kier molecular flexibility index (Phi) is 3.32. The van der Waals surface area contributed by atoms with Crippen LogP contribution in [-0.2, 0) is 0 Å². The lowest BCUT2D eigenvalue weighted by molar-refractivity contribution is 0.242. The van der Waals surface area contributed by atoms with Crippen LogP contribution in [0.25, 0.3) is 5.69 Å². The van der Waals surface area contributed by atoms with Crippen molar-refractivity contribution in [1.29, 1.82) is 0 Å². The first kappa shape index (κ1) is 12.6. The standard InChI is InChI=1S/C15H20N2O/c1-10(2)18-15-8-7-13(16)9-14(15)17-11(3)5-6-12(17)4/h5-10H,16H2,1-4H3. The van der Waals surface area contributed by atoms with Gasteiger partial charge in [0, 0.05) is 17.1 Å². The van der Waals surface area contributed by atoms with E-state index in [-0.39, 0.29) is 6.10 Å². The average molecular weight is 244 g/mol. The number of anilines is 1. The molecule has 0 aliphatic rings. The first-order valence-electron chi connectivity index (χ1n) is 6.20. The topological polar surface area (TPSA) is 40.2 Å². The fraction of sp³-hybridized carbons (Fsp3) is 0.333. The predicted molar refractivity (Wildman–Crippen MR) is 75.4 cm³/mol. The molecule has 18 heavy (non-hydrogen) atoms. The zero-order chi connectivity index (χ0) is 13.3. The fourth-order valence-electron chi connectivity index (χ4n) is 2.11. The number of hydrogen-bond donors (Lipinski definition) is 1. The van der Waals surface area contributed by atoms with Gasteiger partial charge < -0.3 is 15.0 Å². The van der Waals surface area contributed by atoms with Gasteiger partial charge in [-0.3, -0.25) is 0 Å². The summed E-state index contributed by atoms with van der Waals surface area (Å²) in [4.78, 5) is 0. The van der Waals surface area contributed by atoms with Crippen LogP contribution < -0.4 is 10.5 Å². The summed E-state index contributed by atoms with van der Waals surface area (Å²) in [5.41, 5.74) is 9.99. The Morgan fingerprint density at radius 3 is 2.22 bits per heavy atom. The number of nitrogens with two attached hydrogens (primary N) is 1. The zero-order valence-corrected chi connectivity index (χ0v) is 11.4. The van der Waals surface area contributed by atoms with E-state index in [2.05, 4.69) is 30.5 Å². The monoisotopic (exact) mass is 244 g/mol. The highest BCUT2D eigenvalue weighted by atomic mass is 16.5. The lowest BCUT2D eigenvalue weighted by atomic mass is 10.2. The number of rotatable bonds is 3. The molecule has 0 aliphatic carbocycles. The van der Waals surface area contributed by atoms with Crippen LogP contribution in [0, 0.1) is 13.8 Å². The summed E-state index contributed by atoms with van der Waals surface area (Å²) >= 11 is 0. The molecule has 1 aromatic heterocycles. The molecule has 3 heteroatoms. The molecule has 0 amide bonds. The molecule has 0 aliphatic heterocycles. The number of nitrogen functional groups attached to an aromatic ring is 1. The quantitative estimate of drug-likeness (QED) is 0.840. The fourth-order valence-corrected chi connectivity index (χ4v) is 2.11. The Labute approximate surface area is 108 Å². The van der Waals surface area contributed by atoms with Gasteiger partial charge in [0.15, 0.2) is 0 Å². The number of hydrogen-bond acceptors (Lipinski definition) is 2. The Balaban J connectivity index is 2.58. The van der Waals surface area contributed by atoms with Gasteiger partial charge in [0.2, 0.25) is 0 Å². The number of nitrogens with zero attached hydrogens (tertiary/aromatic N) is 1. The van der Waals surface area contributed by atoms with Crippen LogP contribution in [0.2, 0.25) is 0 Å². The molecule has 0 spiro atoms. The number of ether oxygens (including phenoxy) is 1. The molecule has 0 saturated carbocycles. The van der Waals surface area contributed by atoms with E-state index in [1.807, 2.05) is 32.0 Å². The summed E-state index contributed by atoms with van der Waals surface area (Å²) in [5.74, 6) is 0.863. The van der Waals surface area contributed by atoms with Crippen LogP contribution in [0.5, 0.6) is 5.75 Å². The molecule has 2 aromatic rings. The van der Waals surface area contributed by atoms with Gasteiger partial charge in [0.1, 0.15) is 5.75 Å². The highest BCUT2D eigenvalue weighted by molar-refractivity contribution is 5.58. The van der Waals surface area contributed by atoms with Crippen molar-refractivity contribution in [2.24, 2.45) is 0 Å². The van der Waals surface area contributed by atoms with Crippen molar-refractivity contribution in [1.82, 2.24) is 4.57 Å². The lowest BCUT2D eigenvalue weighted by Crippen LogP contribution is -2.10. The minimum Gasteiger partial charge on any atom is -0.489 e. The molecule has 0 bridgehead atoms. The van der Waals surface area contributed by atoms with E-state index in [1.165, 1.54) is 11.4 Å². The van der Waals surface area contributed by atoms with Crippen LogP contribution in [0.4, 0.5) is 5.69 Å². The van der Waals surface area contributed by atoms with Crippen molar-refractivity contribution in [3.63, 3.8) is 0 Å². The molecule has 1 aromatic carbocycles. The summed E-state index contributed by atoms with van der Waals surface area (Å²) in [6, 6.07) is 9.95.